The number of aromatic hydroxyl groups is 1. The molecule has 1 saturated heterocycles. The quantitative estimate of drug-likeness (QED) is 0.869. The van der Waals surface area contributed by atoms with E-state index in [9.17, 15) is 14.7 Å². The number of nitrogens with zero attached hydrogens (tertiary/aromatic N) is 1. The predicted molar refractivity (Wildman–Crippen MR) is 89.3 cm³/mol. The van der Waals surface area contributed by atoms with E-state index in [4.69, 9.17) is 9.15 Å². The average molecular weight is 331 g/mol. The van der Waals surface area contributed by atoms with Gasteiger partial charge >= 0.3 is 5.63 Å². The Hall–Kier alpha value is -2.34. The SMILES string of the molecule is Cc1c(CCC(=O)N2CCOCC2)c(=O)oc2c(C)c(O)ccc12. The van der Waals surface area contributed by atoms with E-state index in [-0.39, 0.29) is 18.1 Å². The number of carbonyl (C=O) groups excluding carboxylic acids is 1. The summed E-state index contributed by atoms with van der Waals surface area (Å²) in [7, 11) is 0. The third kappa shape index (κ3) is 3.01. The zero-order valence-electron chi connectivity index (χ0n) is 13.9. The minimum atomic E-state index is -0.441. The summed E-state index contributed by atoms with van der Waals surface area (Å²) in [4.78, 5) is 26.3. The zero-order valence-corrected chi connectivity index (χ0v) is 13.9. The Morgan fingerprint density at radius 3 is 2.62 bits per heavy atom. The molecule has 0 saturated carbocycles. The van der Waals surface area contributed by atoms with E-state index in [1.807, 2.05) is 6.92 Å². The molecule has 1 aromatic carbocycles. The molecule has 0 aliphatic carbocycles. The van der Waals surface area contributed by atoms with Crippen molar-refractivity contribution in [2.45, 2.75) is 26.7 Å². The van der Waals surface area contributed by atoms with Gasteiger partial charge in [0.1, 0.15) is 11.3 Å². The van der Waals surface area contributed by atoms with Crippen LogP contribution in [0.1, 0.15) is 23.1 Å². The van der Waals surface area contributed by atoms with Gasteiger partial charge in [0, 0.05) is 36.0 Å². The number of ether oxygens (including phenoxy) is 1. The van der Waals surface area contributed by atoms with Crippen LogP contribution in [-0.4, -0.2) is 42.2 Å². The maximum atomic E-state index is 12.3. The van der Waals surface area contributed by atoms with Gasteiger partial charge in [0.2, 0.25) is 5.91 Å². The normalized spacial score (nSPS) is 15.0. The second-order valence-corrected chi connectivity index (χ2v) is 6.07. The molecule has 24 heavy (non-hydrogen) atoms. The Labute approximate surface area is 139 Å². The number of rotatable bonds is 3. The first-order valence-corrected chi connectivity index (χ1v) is 8.09. The molecular weight excluding hydrogens is 310 g/mol. The van der Waals surface area contributed by atoms with Crippen LogP contribution in [0.15, 0.2) is 21.3 Å². The van der Waals surface area contributed by atoms with Gasteiger partial charge in [0.05, 0.1) is 13.2 Å². The third-order valence-electron chi connectivity index (χ3n) is 4.63. The van der Waals surface area contributed by atoms with Gasteiger partial charge in [-0.05, 0) is 38.0 Å². The van der Waals surface area contributed by atoms with Crippen LogP contribution in [0.3, 0.4) is 0 Å². The van der Waals surface area contributed by atoms with Crippen LogP contribution in [0, 0.1) is 13.8 Å². The van der Waals surface area contributed by atoms with Crippen molar-refractivity contribution in [1.82, 2.24) is 4.90 Å². The number of phenols is 1. The van der Waals surface area contributed by atoms with Gasteiger partial charge in [0.25, 0.3) is 0 Å². The minimum absolute atomic E-state index is 0.0269. The molecule has 3 rings (SSSR count). The van der Waals surface area contributed by atoms with Crippen molar-refractivity contribution in [3.05, 3.63) is 39.2 Å². The van der Waals surface area contributed by atoms with Gasteiger partial charge in [-0.25, -0.2) is 4.79 Å². The summed E-state index contributed by atoms with van der Waals surface area (Å²) >= 11 is 0. The first-order valence-electron chi connectivity index (χ1n) is 8.09. The Bertz CT molecular complexity index is 833. The molecule has 1 aliphatic heterocycles. The predicted octanol–water partition coefficient (Wildman–Crippen LogP) is 1.91. The van der Waals surface area contributed by atoms with Crippen molar-refractivity contribution < 1.29 is 19.1 Å². The summed E-state index contributed by atoms with van der Waals surface area (Å²) in [6.07, 6.45) is 0.619. The van der Waals surface area contributed by atoms with Crippen LogP contribution >= 0.6 is 0 Å². The highest BCUT2D eigenvalue weighted by molar-refractivity contribution is 5.85. The minimum Gasteiger partial charge on any atom is -0.508 e. The first-order chi connectivity index (χ1) is 11.5. The van der Waals surface area contributed by atoms with Crippen LogP contribution in [0.5, 0.6) is 5.75 Å². The maximum absolute atomic E-state index is 12.3. The van der Waals surface area contributed by atoms with E-state index in [1.54, 1.807) is 24.0 Å². The fraction of sp³-hybridized carbons (Fsp3) is 0.444. The van der Waals surface area contributed by atoms with Gasteiger partial charge in [-0.1, -0.05) is 0 Å². The van der Waals surface area contributed by atoms with Crippen molar-refractivity contribution in [1.29, 1.82) is 0 Å². The van der Waals surface area contributed by atoms with Gasteiger partial charge in [-0.15, -0.1) is 0 Å². The van der Waals surface area contributed by atoms with E-state index in [0.717, 1.165) is 10.9 Å². The highest BCUT2D eigenvalue weighted by Gasteiger charge is 2.19. The lowest BCUT2D eigenvalue weighted by Gasteiger charge is -2.26. The van der Waals surface area contributed by atoms with Crippen molar-refractivity contribution in [2.75, 3.05) is 26.3 Å². The monoisotopic (exact) mass is 331 g/mol. The number of fused-ring (bicyclic) bond motifs is 1. The van der Waals surface area contributed by atoms with Gasteiger partial charge in [-0.2, -0.15) is 0 Å². The second kappa shape index (κ2) is 6.65. The summed E-state index contributed by atoms with van der Waals surface area (Å²) in [5.74, 6) is 0.124. The molecule has 0 radical (unpaired) electrons. The van der Waals surface area contributed by atoms with Gasteiger partial charge in [-0.3, -0.25) is 4.79 Å². The number of morpholine rings is 1. The fourth-order valence-corrected chi connectivity index (χ4v) is 3.07. The van der Waals surface area contributed by atoms with Crippen LogP contribution < -0.4 is 5.63 Å². The lowest BCUT2D eigenvalue weighted by molar-refractivity contribution is -0.135. The largest absolute Gasteiger partial charge is 0.508 e. The van der Waals surface area contributed by atoms with Gasteiger partial charge in [0.15, 0.2) is 0 Å². The van der Waals surface area contributed by atoms with E-state index in [1.165, 1.54) is 0 Å². The van der Waals surface area contributed by atoms with Crippen LogP contribution in [0.25, 0.3) is 11.0 Å². The average Bonchev–Trinajstić information content (AvgIpc) is 2.59. The molecule has 6 nitrogen and oxygen atoms in total. The van der Waals surface area contributed by atoms with Crippen molar-refractivity contribution >= 4 is 16.9 Å². The number of phenolic OH excluding ortho intramolecular Hbond substituents is 1. The summed E-state index contributed by atoms with van der Waals surface area (Å²) in [5, 5.41) is 10.6. The Morgan fingerprint density at radius 1 is 1.21 bits per heavy atom. The summed E-state index contributed by atoms with van der Waals surface area (Å²) in [5.41, 5.74) is 1.83. The molecule has 1 amide bonds. The highest BCUT2D eigenvalue weighted by atomic mass is 16.5. The molecule has 1 fully saturated rings. The molecule has 2 heterocycles. The van der Waals surface area contributed by atoms with E-state index in [0.29, 0.717) is 49.4 Å². The topological polar surface area (TPSA) is 80.0 Å². The molecule has 1 aliphatic rings. The number of aryl methyl sites for hydroxylation is 2. The Balaban J connectivity index is 1.86. The molecule has 1 N–H and O–H groups in total. The lowest BCUT2D eigenvalue weighted by Crippen LogP contribution is -2.40. The molecule has 2 aromatic rings. The smallest absolute Gasteiger partial charge is 0.339 e. The number of hydrogen-bond acceptors (Lipinski definition) is 5. The first kappa shape index (κ1) is 16.5. The zero-order chi connectivity index (χ0) is 17.3. The highest BCUT2D eigenvalue weighted by Crippen LogP contribution is 2.28. The molecule has 0 atom stereocenters. The molecular formula is C18H21NO5. The lowest BCUT2D eigenvalue weighted by atomic mass is 10.00. The van der Waals surface area contributed by atoms with E-state index in [2.05, 4.69) is 0 Å². The Kier molecular flexibility index (Phi) is 4.57. The standard InChI is InChI=1S/C18H21NO5/c1-11-13-3-5-15(20)12(2)17(13)24-18(22)14(11)4-6-16(21)19-7-9-23-10-8-19/h3,5,20H,4,6-10H2,1-2H3. The van der Waals surface area contributed by atoms with E-state index < -0.39 is 5.63 Å². The molecule has 128 valence electrons. The van der Waals surface area contributed by atoms with Crippen LogP contribution in [0.4, 0.5) is 0 Å². The number of benzene rings is 1. The van der Waals surface area contributed by atoms with Crippen molar-refractivity contribution in [3.8, 4) is 5.75 Å². The third-order valence-corrected chi connectivity index (χ3v) is 4.63. The van der Waals surface area contributed by atoms with Gasteiger partial charge < -0.3 is 19.2 Å². The maximum Gasteiger partial charge on any atom is 0.339 e. The molecule has 0 bridgehead atoms. The van der Waals surface area contributed by atoms with E-state index >= 15 is 0 Å². The number of hydrogen-bond donors (Lipinski definition) is 1. The number of amides is 1. The van der Waals surface area contributed by atoms with Crippen molar-refractivity contribution in [3.63, 3.8) is 0 Å². The molecule has 0 spiro atoms. The summed E-state index contributed by atoms with van der Waals surface area (Å²) in [6.45, 7) is 5.88. The molecule has 0 unspecified atom stereocenters. The summed E-state index contributed by atoms with van der Waals surface area (Å²) < 4.78 is 10.6. The van der Waals surface area contributed by atoms with Crippen LogP contribution in [-0.2, 0) is 16.0 Å². The molecule has 1 aromatic heterocycles. The number of carbonyl (C=O) groups is 1. The van der Waals surface area contributed by atoms with Crippen molar-refractivity contribution in [2.24, 2.45) is 0 Å². The Morgan fingerprint density at radius 2 is 1.92 bits per heavy atom. The summed E-state index contributed by atoms with van der Waals surface area (Å²) in [6, 6.07) is 3.33. The van der Waals surface area contributed by atoms with Crippen LogP contribution in [0.2, 0.25) is 0 Å². The fourth-order valence-electron chi connectivity index (χ4n) is 3.07. The second-order valence-electron chi connectivity index (χ2n) is 6.07. The molecule has 6 heteroatoms.